The molecule has 23 heavy (non-hydrogen) atoms. The van der Waals surface area contributed by atoms with E-state index in [4.69, 9.17) is 0 Å². The van der Waals surface area contributed by atoms with Crippen molar-refractivity contribution in [2.75, 3.05) is 11.9 Å². The van der Waals surface area contributed by atoms with E-state index in [1.165, 1.54) is 33.5 Å². The largest absolute Gasteiger partial charge is 0.262 e. The third kappa shape index (κ3) is 3.11. The minimum atomic E-state index is 1.18. The fourth-order valence-corrected chi connectivity index (χ4v) is 3.62. The summed E-state index contributed by atoms with van der Waals surface area (Å²) >= 11 is 2.39. The van der Waals surface area contributed by atoms with Crippen LogP contribution in [-0.2, 0) is 0 Å². The summed E-state index contributed by atoms with van der Waals surface area (Å²) in [5, 5.41) is 2.59. The van der Waals surface area contributed by atoms with Gasteiger partial charge in [-0.15, -0.1) is 0 Å². The van der Waals surface area contributed by atoms with Crippen LogP contribution in [-0.4, -0.2) is 15.7 Å². The SMILES string of the molecule is C/C(N(C)c1ccccc1)=[N+](/I)c1ccc2ccccc2c1C. The summed E-state index contributed by atoms with van der Waals surface area (Å²) in [5.74, 6) is 1.18. The van der Waals surface area contributed by atoms with Crippen LogP contribution < -0.4 is 4.90 Å². The number of benzene rings is 3. The minimum Gasteiger partial charge on any atom is -0.234 e. The lowest BCUT2D eigenvalue weighted by atomic mass is 10.0. The number of halogens is 1. The zero-order valence-electron chi connectivity index (χ0n) is 13.6. The van der Waals surface area contributed by atoms with Crippen LogP contribution in [0.3, 0.4) is 0 Å². The number of para-hydroxylation sites is 1. The first-order chi connectivity index (χ1) is 11.1. The van der Waals surface area contributed by atoms with Gasteiger partial charge >= 0.3 is 0 Å². The highest BCUT2D eigenvalue weighted by Crippen LogP contribution is 2.29. The molecule has 0 bridgehead atoms. The van der Waals surface area contributed by atoms with E-state index in [1.807, 2.05) is 6.07 Å². The topological polar surface area (TPSA) is 6.25 Å². The fraction of sp³-hybridized carbons (Fsp3) is 0.150. The van der Waals surface area contributed by atoms with Gasteiger partial charge in [-0.25, -0.2) is 4.90 Å². The molecule has 2 nitrogen and oxygen atoms in total. The summed E-state index contributed by atoms with van der Waals surface area (Å²) in [6.45, 7) is 4.34. The number of anilines is 1. The molecule has 3 rings (SSSR count). The Bertz CT molecular complexity index is 869. The monoisotopic (exact) mass is 415 g/mol. The first kappa shape index (κ1) is 16.0. The Kier molecular flexibility index (Phi) is 4.66. The highest BCUT2D eigenvalue weighted by molar-refractivity contribution is 14.1. The van der Waals surface area contributed by atoms with Gasteiger partial charge in [0, 0.05) is 12.5 Å². The van der Waals surface area contributed by atoms with Crippen molar-refractivity contribution in [2.24, 2.45) is 0 Å². The van der Waals surface area contributed by atoms with Crippen LogP contribution in [0, 0.1) is 6.92 Å². The molecule has 0 unspecified atom stereocenters. The molecule has 0 spiro atoms. The van der Waals surface area contributed by atoms with Crippen molar-refractivity contribution in [1.82, 2.24) is 0 Å². The van der Waals surface area contributed by atoms with Gasteiger partial charge in [0.05, 0.1) is 7.05 Å². The van der Waals surface area contributed by atoms with Gasteiger partial charge in [-0.05, 0) is 35.9 Å². The molecule has 0 atom stereocenters. The second kappa shape index (κ2) is 6.71. The van der Waals surface area contributed by atoms with Gasteiger partial charge in [0.1, 0.15) is 11.4 Å². The molecule has 0 fully saturated rings. The van der Waals surface area contributed by atoms with Gasteiger partial charge in [0.25, 0.3) is 5.84 Å². The molecule has 3 aromatic rings. The van der Waals surface area contributed by atoms with Crippen LogP contribution in [0.2, 0.25) is 0 Å². The van der Waals surface area contributed by atoms with E-state index in [2.05, 4.69) is 112 Å². The van der Waals surface area contributed by atoms with Crippen LogP contribution >= 0.6 is 22.9 Å². The van der Waals surface area contributed by atoms with E-state index in [0.717, 1.165) is 0 Å². The smallest absolute Gasteiger partial charge is 0.234 e. The zero-order chi connectivity index (χ0) is 16.4. The Labute approximate surface area is 151 Å². The molecular formula is C20H20IN2+. The van der Waals surface area contributed by atoms with E-state index in [0.29, 0.717) is 0 Å². The molecular weight excluding hydrogens is 395 g/mol. The summed E-state index contributed by atoms with van der Waals surface area (Å²) < 4.78 is 2.23. The Morgan fingerprint density at radius 1 is 0.913 bits per heavy atom. The van der Waals surface area contributed by atoms with Crippen LogP contribution in [0.25, 0.3) is 10.8 Å². The standard InChI is InChI=1S/C20H20IN2/c1-15-19-12-8-7-9-17(19)13-14-20(15)23(21)16(2)22(3)18-10-5-4-6-11-18/h4-14H,1-3H3/q+1. The lowest BCUT2D eigenvalue weighted by Crippen LogP contribution is -2.28. The highest BCUT2D eigenvalue weighted by Gasteiger charge is 2.18. The quantitative estimate of drug-likeness (QED) is 0.225. The highest BCUT2D eigenvalue weighted by atomic mass is 127. The molecule has 116 valence electrons. The molecule has 0 aliphatic carbocycles. The fourth-order valence-electron chi connectivity index (χ4n) is 2.77. The third-order valence-electron chi connectivity index (χ3n) is 4.29. The Balaban J connectivity index is 2.08. The van der Waals surface area contributed by atoms with Gasteiger partial charge in [0.15, 0.2) is 0 Å². The van der Waals surface area contributed by atoms with Gasteiger partial charge in [-0.3, -0.25) is 0 Å². The van der Waals surface area contributed by atoms with Crippen molar-refractivity contribution in [2.45, 2.75) is 13.8 Å². The maximum absolute atomic E-state index is 2.39. The van der Waals surface area contributed by atoms with E-state index in [1.54, 1.807) is 0 Å². The zero-order valence-corrected chi connectivity index (χ0v) is 15.8. The van der Waals surface area contributed by atoms with Crippen molar-refractivity contribution in [3.8, 4) is 0 Å². The molecule has 0 aliphatic rings. The Morgan fingerprint density at radius 2 is 1.57 bits per heavy atom. The van der Waals surface area contributed by atoms with E-state index >= 15 is 0 Å². The van der Waals surface area contributed by atoms with Crippen LogP contribution in [0.15, 0.2) is 66.7 Å². The number of fused-ring (bicyclic) bond motifs is 1. The Hall–Kier alpha value is -1.88. The number of hydrogen-bond donors (Lipinski definition) is 0. The van der Waals surface area contributed by atoms with E-state index in [-0.39, 0.29) is 0 Å². The molecule has 0 heterocycles. The molecule has 0 radical (unpaired) electrons. The lowest BCUT2D eigenvalue weighted by Gasteiger charge is -2.15. The maximum Gasteiger partial charge on any atom is 0.262 e. The minimum absolute atomic E-state index is 1.18. The summed E-state index contributed by atoms with van der Waals surface area (Å²) in [4.78, 5) is 2.21. The van der Waals surface area contributed by atoms with Crippen LogP contribution in [0.4, 0.5) is 11.4 Å². The average Bonchev–Trinajstić information content (AvgIpc) is 2.61. The second-order valence-corrected chi connectivity index (χ2v) is 6.62. The van der Waals surface area contributed by atoms with Crippen molar-refractivity contribution in [1.29, 1.82) is 0 Å². The van der Waals surface area contributed by atoms with Crippen molar-refractivity contribution < 1.29 is 2.79 Å². The molecule has 0 aliphatic heterocycles. The summed E-state index contributed by atoms with van der Waals surface area (Å²) in [6.07, 6.45) is 0. The normalized spacial score (nSPS) is 12.2. The second-order valence-electron chi connectivity index (χ2n) is 5.65. The first-order valence-electron chi connectivity index (χ1n) is 7.66. The summed E-state index contributed by atoms with van der Waals surface area (Å²) in [5.41, 5.74) is 3.72. The number of aryl methyl sites for hydroxylation is 1. The molecule has 0 N–H and O–H groups in total. The first-order valence-corrected chi connectivity index (χ1v) is 8.62. The molecule has 0 amide bonds. The van der Waals surface area contributed by atoms with Crippen molar-refractivity contribution in [3.05, 3.63) is 72.3 Å². The Morgan fingerprint density at radius 3 is 2.30 bits per heavy atom. The average molecular weight is 415 g/mol. The number of amidine groups is 1. The number of nitrogens with zero attached hydrogens (tertiary/aromatic N) is 2. The maximum atomic E-state index is 2.39. The van der Waals surface area contributed by atoms with Crippen LogP contribution in [0.1, 0.15) is 12.5 Å². The number of rotatable bonds is 2. The van der Waals surface area contributed by atoms with Gasteiger partial charge in [-0.2, -0.15) is 2.79 Å². The summed E-state index contributed by atoms with van der Waals surface area (Å²) in [6, 6.07) is 23.4. The van der Waals surface area contributed by atoms with Gasteiger partial charge in [0.2, 0.25) is 22.9 Å². The molecule has 0 saturated carbocycles. The molecule has 3 heteroatoms. The molecule has 3 aromatic carbocycles. The number of hydrogen-bond acceptors (Lipinski definition) is 0. The lowest BCUT2D eigenvalue weighted by molar-refractivity contribution is -0.184. The molecule has 0 aromatic heterocycles. The summed E-state index contributed by atoms with van der Waals surface area (Å²) in [7, 11) is 2.10. The third-order valence-corrected chi connectivity index (χ3v) is 5.51. The molecule has 0 saturated heterocycles. The van der Waals surface area contributed by atoms with Crippen molar-refractivity contribution in [3.63, 3.8) is 0 Å². The van der Waals surface area contributed by atoms with E-state index in [9.17, 15) is 0 Å². The van der Waals surface area contributed by atoms with Gasteiger partial charge in [-0.1, -0.05) is 48.5 Å². The predicted molar refractivity (Wildman–Crippen MR) is 108 cm³/mol. The van der Waals surface area contributed by atoms with Crippen LogP contribution in [0.5, 0.6) is 0 Å². The van der Waals surface area contributed by atoms with Gasteiger partial charge < -0.3 is 0 Å². The van der Waals surface area contributed by atoms with E-state index < -0.39 is 0 Å². The predicted octanol–water partition coefficient (Wildman–Crippen LogP) is 5.70. The van der Waals surface area contributed by atoms with Crippen molar-refractivity contribution >= 4 is 50.8 Å².